The molecule has 1 saturated heterocycles. The number of benzene rings is 1. The normalized spacial score (nSPS) is 16.0. The third kappa shape index (κ3) is 4.72. The zero-order chi connectivity index (χ0) is 16.8. The van der Waals surface area contributed by atoms with Gasteiger partial charge in [0.15, 0.2) is 6.61 Å². The minimum absolute atomic E-state index is 0.0119. The Balaban J connectivity index is 1.50. The maximum atomic E-state index is 12.1. The Morgan fingerprint density at radius 3 is 2.67 bits per heavy atom. The number of hydrogen-bond acceptors (Lipinski definition) is 4. The lowest BCUT2D eigenvalue weighted by Gasteiger charge is -2.27. The second-order valence-electron chi connectivity index (χ2n) is 5.86. The quantitative estimate of drug-likeness (QED) is 0.813. The first kappa shape index (κ1) is 17.3. The number of halogens is 1. The van der Waals surface area contributed by atoms with Crippen LogP contribution in [0, 0.1) is 0 Å². The van der Waals surface area contributed by atoms with Gasteiger partial charge >= 0.3 is 0 Å². The van der Waals surface area contributed by atoms with Crippen LogP contribution in [0.15, 0.2) is 41.1 Å². The minimum Gasteiger partial charge on any atom is -0.484 e. The molecule has 128 valence electrons. The zero-order valence-corrected chi connectivity index (χ0v) is 15.0. The fraction of sp³-hybridized carbons (Fsp3) is 0.389. The molecule has 1 amide bonds. The Kier molecular flexibility index (Phi) is 6.12. The number of nitrogens with one attached hydrogen (secondary N) is 1. The van der Waals surface area contributed by atoms with Crippen LogP contribution >= 0.6 is 22.9 Å². The summed E-state index contributed by atoms with van der Waals surface area (Å²) in [4.78, 5) is 14.5. The van der Waals surface area contributed by atoms with Gasteiger partial charge in [-0.1, -0.05) is 11.6 Å². The van der Waals surface area contributed by atoms with Gasteiger partial charge in [0.05, 0.1) is 6.04 Å². The zero-order valence-electron chi connectivity index (χ0n) is 13.4. The summed E-state index contributed by atoms with van der Waals surface area (Å²) in [6.07, 6.45) is 2.46. The van der Waals surface area contributed by atoms with Gasteiger partial charge < -0.3 is 10.1 Å². The number of carbonyl (C=O) groups is 1. The Labute approximate surface area is 151 Å². The molecule has 1 aliphatic heterocycles. The molecule has 2 heterocycles. The first-order chi connectivity index (χ1) is 11.7. The lowest BCUT2D eigenvalue weighted by molar-refractivity contribution is -0.123. The van der Waals surface area contributed by atoms with Gasteiger partial charge in [0.25, 0.3) is 5.91 Å². The molecule has 0 spiro atoms. The summed E-state index contributed by atoms with van der Waals surface area (Å²) in [5, 5.41) is 7.90. The summed E-state index contributed by atoms with van der Waals surface area (Å²) in [5.41, 5.74) is 1.28. The summed E-state index contributed by atoms with van der Waals surface area (Å²) >= 11 is 7.53. The van der Waals surface area contributed by atoms with Gasteiger partial charge in [-0.2, -0.15) is 11.3 Å². The second kappa shape index (κ2) is 8.51. The molecule has 0 saturated carbocycles. The van der Waals surface area contributed by atoms with Crippen LogP contribution in [0.3, 0.4) is 0 Å². The van der Waals surface area contributed by atoms with Gasteiger partial charge in [0.2, 0.25) is 0 Å². The van der Waals surface area contributed by atoms with Crippen molar-refractivity contribution in [3.8, 4) is 5.75 Å². The molecule has 24 heavy (non-hydrogen) atoms. The smallest absolute Gasteiger partial charge is 0.258 e. The number of ether oxygens (including phenoxy) is 1. The maximum absolute atomic E-state index is 12.1. The van der Waals surface area contributed by atoms with Gasteiger partial charge in [-0.05, 0) is 72.6 Å². The highest BCUT2D eigenvalue weighted by atomic mass is 35.5. The van der Waals surface area contributed by atoms with Crippen LogP contribution in [0.2, 0.25) is 5.02 Å². The average molecular weight is 365 g/mol. The van der Waals surface area contributed by atoms with Crippen molar-refractivity contribution in [3.63, 3.8) is 0 Å². The van der Waals surface area contributed by atoms with E-state index in [0.29, 0.717) is 17.3 Å². The molecular formula is C18H21ClN2O2S. The number of carbonyl (C=O) groups excluding carboxylic acids is 1. The van der Waals surface area contributed by atoms with Crippen LogP contribution in [-0.2, 0) is 4.79 Å². The molecule has 1 aromatic carbocycles. The molecule has 1 atom stereocenters. The van der Waals surface area contributed by atoms with E-state index in [1.54, 1.807) is 35.6 Å². The lowest BCUT2D eigenvalue weighted by atomic mass is 10.1. The Bertz CT molecular complexity index is 640. The van der Waals surface area contributed by atoms with Crippen molar-refractivity contribution < 1.29 is 9.53 Å². The van der Waals surface area contributed by atoms with E-state index in [0.717, 1.165) is 13.1 Å². The van der Waals surface area contributed by atoms with Crippen LogP contribution in [0.4, 0.5) is 0 Å². The molecule has 6 heteroatoms. The summed E-state index contributed by atoms with van der Waals surface area (Å²) in [5.74, 6) is 0.535. The van der Waals surface area contributed by atoms with Crippen molar-refractivity contribution in [2.75, 3.05) is 26.2 Å². The van der Waals surface area contributed by atoms with Crippen LogP contribution in [0.25, 0.3) is 0 Å². The monoisotopic (exact) mass is 364 g/mol. The standard InChI is InChI=1S/C18H21ClN2O2S/c19-15-3-5-16(6-4-15)23-12-18(22)20-11-17(14-7-10-24-13-14)21-8-1-2-9-21/h3-7,10,13,17H,1-2,8-9,11-12H2,(H,20,22). The molecule has 4 nitrogen and oxygen atoms in total. The Hall–Kier alpha value is -1.56. The summed E-state index contributed by atoms with van der Waals surface area (Å²) in [6, 6.07) is 9.40. The fourth-order valence-corrected chi connectivity index (χ4v) is 3.75. The predicted octanol–water partition coefficient (Wildman–Crippen LogP) is 3.73. The number of hydrogen-bond donors (Lipinski definition) is 1. The van der Waals surface area contributed by atoms with Crippen molar-refractivity contribution in [2.45, 2.75) is 18.9 Å². The number of amides is 1. The van der Waals surface area contributed by atoms with Crippen LogP contribution < -0.4 is 10.1 Å². The van der Waals surface area contributed by atoms with Crippen molar-refractivity contribution in [1.29, 1.82) is 0 Å². The van der Waals surface area contributed by atoms with E-state index in [9.17, 15) is 4.79 Å². The van der Waals surface area contributed by atoms with E-state index in [1.165, 1.54) is 18.4 Å². The third-order valence-corrected chi connectivity index (χ3v) is 5.14. The van der Waals surface area contributed by atoms with E-state index in [4.69, 9.17) is 16.3 Å². The molecule has 2 aromatic rings. The minimum atomic E-state index is -0.107. The average Bonchev–Trinajstić information content (AvgIpc) is 3.29. The van der Waals surface area contributed by atoms with Crippen molar-refractivity contribution >= 4 is 28.8 Å². The van der Waals surface area contributed by atoms with Gasteiger partial charge in [-0.15, -0.1) is 0 Å². The molecule has 0 bridgehead atoms. The molecule has 0 radical (unpaired) electrons. The van der Waals surface area contributed by atoms with Crippen LogP contribution in [0.5, 0.6) is 5.75 Å². The largest absolute Gasteiger partial charge is 0.484 e. The lowest BCUT2D eigenvalue weighted by Crippen LogP contribution is -2.38. The highest BCUT2D eigenvalue weighted by Crippen LogP contribution is 2.26. The molecular weight excluding hydrogens is 344 g/mol. The second-order valence-corrected chi connectivity index (χ2v) is 7.08. The van der Waals surface area contributed by atoms with E-state index in [-0.39, 0.29) is 18.6 Å². The van der Waals surface area contributed by atoms with Crippen LogP contribution in [0.1, 0.15) is 24.4 Å². The Morgan fingerprint density at radius 2 is 2.00 bits per heavy atom. The first-order valence-corrected chi connectivity index (χ1v) is 9.45. The molecule has 1 unspecified atom stereocenters. The SMILES string of the molecule is O=C(COc1ccc(Cl)cc1)NCC(c1ccsc1)N1CCCC1. The molecule has 1 N–H and O–H groups in total. The fourth-order valence-electron chi connectivity index (χ4n) is 2.92. The van der Waals surface area contributed by atoms with E-state index in [1.807, 2.05) is 0 Å². The van der Waals surface area contributed by atoms with Crippen molar-refractivity contribution in [1.82, 2.24) is 10.2 Å². The summed E-state index contributed by atoms with van der Waals surface area (Å²) in [6.45, 7) is 2.81. The van der Waals surface area contributed by atoms with Gasteiger partial charge in [0, 0.05) is 11.6 Å². The Morgan fingerprint density at radius 1 is 1.25 bits per heavy atom. The molecule has 1 aliphatic rings. The van der Waals surface area contributed by atoms with Crippen LogP contribution in [-0.4, -0.2) is 37.0 Å². The highest BCUT2D eigenvalue weighted by Gasteiger charge is 2.24. The van der Waals surface area contributed by atoms with E-state index >= 15 is 0 Å². The highest BCUT2D eigenvalue weighted by molar-refractivity contribution is 7.07. The molecule has 0 aliphatic carbocycles. The van der Waals surface area contributed by atoms with E-state index < -0.39 is 0 Å². The summed E-state index contributed by atoms with van der Waals surface area (Å²) < 4.78 is 5.49. The van der Waals surface area contributed by atoms with Gasteiger partial charge in [-0.25, -0.2) is 0 Å². The number of rotatable bonds is 7. The molecule has 1 aromatic heterocycles. The maximum Gasteiger partial charge on any atom is 0.258 e. The predicted molar refractivity (Wildman–Crippen MR) is 97.8 cm³/mol. The number of likely N-dealkylation sites (tertiary alicyclic amines) is 1. The first-order valence-electron chi connectivity index (χ1n) is 8.13. The molecule has 1 fully saturated rings. The van der Waals surface area contributed by atoms with Crippen molar-refractivity contribution in [2.24, 2.45) is 0 Å². The number of nitrogens with zero attached hydrogens (tertiary/aromatic N) is 1. The van der Waals surface area contributed by atoms with Crippen molar-refractivity contribution in [3.05, 3.63) is 51.7 Å². The third-order valence-electron chi connectivity index (χ3n) is 4.19. The van der Waals surface area contributed by atoms with Gasteiger partial charge in [-0.3, -0.25) is 9.69 Å². The number of thiophene rings is 1. The topological polar surface area (TPSA) is 41.6 Å². The molecule has 3 rings (SSSR count). The van der Waals surface area contributed by atoms with E-state index in [2.05, 4.69) is 27.0 Å². The van der Waals surface area contributed by atoms with Gasteiger partial charge in [0.1, 0.15) is 5.75 Å². The summed E-state index contributed by atoms with van der Waals surface area (Å²) in [7, 11) is 0.